The van der Waals surface area contributed by atoms with Gasteiger partial charge in [-0.3, -0.25) is 4.90 Å². The average molecular weight is 430 g/mol. The zero-order chi connectivity index (χ0) is 22.5. The standard InChI is InChI=1S/C23H39N7O/c1-6-31-16-10-14-24-23(26-17-22-28-27-20(3)30(22)5)25-15-13-19(2)29(4)18-21-11-8-7-9-12-21/h7-9,11-12,19H,6,10,13-18H2,1-5H3,(H2,24,25,26). The first kappa shape index (κ1) is 24.8. The third-order valence-corrected chi connectivity index (χ3v) is 5.41. The number of aliphatic imine (C=N–C) groups is 1. The van der Waals surface area contributed by atoms with Gasteiger partial charge in [0.15, 0.2) is 11.8 Å². The van der Waals surface area contributed by atoms with Gasteiger partial charge in [0.25, 0.3) is 0 Å². The Kier molecular flexibility index (Phi) is 11.0. The molecule has 0 radical (unpaired) electrons. The van der Waals surface area contributed by atoms with Crippen molar-refractivity contribution in [2.45, 2.75) is 52.7 Å². The number of guanidine groups is 1. The first-order valence-corrected chi connectivity index (χ1v) is 11.2. The van der Waals surface area contributed by atoms with Gasteiger partial charge < -0.3 is 19.9 Å². The van der Waals surface area contributed by atoms with E-state index in [4.69, 9.17) is 9.73 Å². The van der Waals surface area contributed by atoms with Crippen LogP contribution in [0.2, 0.25) is 0 Å². The zero-order valence-electron chi connectivity index (χ0n) is 19.8. The quantitative estimate of drug-likeness (QED) is 0.289. The molecule has 0 fully saturated rings. The lowest BCUT2D eigenvalue weighted by molar-refractivity contribution is 0.145. The molecule has 0 aliphatic rings. The SMILES string of the molecule is CCOCCCNC(=NCc1nnc(C)n1C)NCCC(C)N(C)Cc1ccccc1. The highest BCUT2D eigenvalue weighted by molar-refractivity contribution is 5.79. The van der Waals surface area contributed by atoms with Crippen molar-refractivity contribution < 1.29 is 4.74 Å². The topological polar surface area (TPSA) is 79.6 Å². The average Bonchev–Trinajstić information content (AvgIpc) is 3.09. The fourth-order valence-corrected chi connectivity index (χ4v) is 3.09. The Morgan fingerprint density at radius 2 is 1.94 bits per heavy atom. The molecule has 31 heavy (non-hydrogen) atoms. The Labute approximate surface area is 187 Å². The second-order valence-electron chi connectivity index (χ2n) is 7.83. The van der Waals surface area contributed by atoms with Crippen molar-refractivity contribution in [3.8, 4) is 0 Å². The first-order valence-electron chi connectivity index (χ1n) is 11.2. The summed E-state index contributed by atoms with van der Waals surface area (Å²) in [5, 5.41) is 15.2. The Morgan fingerprint density at radius 1 is 1.19 bits per heavy atom. The predicted molar refractivity (Wildman–Crippen MR) is 126 cm³/mol. The highest BCUT2D eigenvalue weighted by atomic mass is 16.5. The molecule has 0 saturated carbocycles. The third kappa shape index (κ3) is 9.06. The Balaban J connectivity index is 1.84. The van der Waals surface area contributed by atoms with E-state index in [1.54, 1.807) is 0 Å². The summed E-state index contributed by atoms with van der Waals surface area (Å²) >= 11 is 0. The van der Waals surface area contributed by atoms with Crippen LogP contribution in [-0.2, 0) is 24.9 Å². The fourth-order valence-electron chi connectivity index (χ4n) is 3.09. The van der Waals surface area contributed by atoms with Crippen molar-refractivity contribution in [2.75, 3.05) is 33.4 Å². The first-order chi connectivity index (χ1) is 15.0. The number of nitrogens with zero attached hydrogens (tertiary/aromatic N) is 5. The maximum atomic E-state index is 5.42. The summed E-state index contributed by atoms with van der Waals surface area (Å²) in [4.78, 5) is 7.09. The van der Waals surface area contributed by atoms with Crippen molar-refractivity contribution in [3.63, 3.8) is 0 Å². The van der Waals surface area contributed by atoms with E-state index in [0.29, 0.717) is 12.6 Å². The maximum absolute atomic E-state index is 5.42. The van der Waals surface area contributed by atoms with Crippen molar-refractivity contribution in [1.29, 1.82) is 0 Å². The van der Waals surface area contributed by atoms with Gasteiger partial charge in [-0.05, 0) is 46.2 Å². The van der Waals surface area contributed by atoms with Crippen LogP contribution in [0.25, 0.3) is 0 Å². The van der Waals surface area contributed by atoms with Crippen LogP contribution in [0.3, 0.4) is 0 Å². The molecule has 0 saturated heterocycles. The van der Waals surface area contributed by atoms with Gasteiger partial charge in [-0.15, -0.1) is 10.2 Å². The summed E-state index contributed by atoms with van der Waals surface area (Å²) in [6.07, 6.45) is 1.96. The van der Waals surface area contributed by atoms with E-state index in [9.17, 15) is 0 Å². The number of rotatable bonds is 13. The molecule has 1 aromatic heterocycles. The van der Waals surface area contributed by atoms with Crippen molar-refractivity contribution >= 4 is 5.96 Å². The van der Waals surface area contributed by atoms with Crippen LogP contribution in [0.4, 0.5) is 0 Å². The van der Waals surface area contributed by atoms with Gasteiger partial charge in [0, 0.05) is 45.9 Å². The largest absolute Gasteiger partial charge is 0.382 e. The minimum absolute atomic E-state index is 0.452. The molecule has 2 aromatic rings. The van der Waals surface area contributed by atoms with E-state index in [1.165, 1.54) is 5.56 Å². The van der Waals surface area contributed by atoms with Crippen molar-refractivity contribution in [1.82, 2.24) is 30.3 Å². The minimum atomic E-state index is 0.452. The van der Waals surface area contributed by atoms with Crippen molar-refractivity contribution in [2.24, 2.45) is 12.0 Å². The second-order valence-corrected chi connectivity index (χ2v) is 7.83. The summed E-state index contributed by atoms with van der Waals surface area (Å²) in [5.74, 6) is 2.54. The van der Waals surface area contributed by atoms with E-state index >= 15 is 0 Å². The lowest BCUT2D eigenvalue weighted by Crippen LogP contribution is -2.40. The molecule has 0 aliphatic carbocycles. The number of benzene rings is 1. The van der Waals surface area contributed by atoms with Gasteiger partial charge in [0.1, 0.15) is 12.4 Å². The van der Waals surface area contributed by atoms with E-state index in [-0.39, 0.29) is 0 Å². The van der Waals surface area contributed by atoms with Crippen molar-refractivity contribution in [3.05, 3.63) is 47.5 Å². The lowest BCUT2D eigenvalue weighted by Gasteiger charge is -2.25. The Morgan fingerprint density at radius 3 is 2.61 bits per heavy atom. The fraction of sp³-hybridized carbons (Fsp3) is 0.609. The number of aryl methyl sites for hydroxylation is 1. The molecule has 1 atom stereocenters. The molecule has 2 N–H and O–H groups in total. The van der Waals surface area contributed by atoms with Crippen LogP contribution in [0.1, 0.15) is 43.9 Å². The summed E-state index contributed by atoms with van der Waals surface area (Å²) in [6.45, 7) is 10.8. The van der Waals surface area contributed by atoms with E-state index < -0.39 is 0 Å². The highest BCUT2D eigenvalue weighted by Gasteiger charge is 2.10. The molecule has 0 amide bonds. The van der Waals surface area contributed by atoms with Crippen LogP contribution < -0.4 is 10.6 Å². The molecule has 1 aromatic carbocycles. The number of nitrogens with one attached hydrogen (secondary N) is 2. The zero-order valence-corrected chi connectivity index (χ0v) is 19.8. The van der Waals surface area contributed by atoms with Gasteiger partial charge in [-0.2, -0.15) is 0 Å². The second kappa shape index (κ2) is 13.8. The monoisotopic (exact) mass is 429 g/mol. The number of ether oxygens (including phenoxy) is 1. The van der Waals surface area contributed by atoms with Gasteiger partial charge >= 0.3 is 0 Å². The van der Waals surface area contributed by atoms with E-state index in [1.807, 2.05) is 25.5 Å². The number of hydrogen-bond acceptors (Lipinski definition) is 5. The molecule has 8 nitrogen and oxygen atoms in total. The molecule has 0 spiro atoms. The molecule has 0 bridgehead atoms. The van der Waals surface area contributed by atoms with Crippen LogP contribution in [0.5, 0.6) is 0 Å². The van der Waals surface area contributed by atoms with Crippen LogP contribution in [0.15, 0.2) is 35.3 Å². The minimum Gasteiger partial charge on any atom is -0.382 e. The van der Waals surface area contributed by atoms with Gasteiger partial charge in [-0.25, -0.2) is 4.99 Å². The molecular weight excluding hydrogens is 390 g/mol. The van der Waals surface area contributed by atoms with Gasteiger partial charge in [0.2, 0.25) is 0 Å². The van der Waals surface area contributed by atoms with Crippen LogP contribution in [0, 0.1) is 6.92 Å². The molecule has 8 heteroatoms. The van der Waals surface area contributed by atoms with Gasteiger partial charge in [0.05, 0.1) is 0 Å². The summed E-state index contributed by atoms with van der Waals surface area (Å²) in [5.41, 5.74) is 1.34. The molecular formula is C23H39N7O. The predicted octanol–water partition coefficient (Wildman–Crippen LogP) is 2.50. The summed E-state index contributed by atoms with van der Waals surface area (Å²) in [6, 6.07) is 11.0. The van der Waals surface area contributed by atoms with Crippen LogP contribution in [-0.4, -0.2) is 65.0 Å². The smallest absolute Gasteiger partial charge is 0.191 e. The lowest BCUT2D eigenvalue weighted by atomic mass is 10.1. The number of hydrogen-bond donors (Lipinski definition) is 2. The molecule has 0 aliphatic heterocycles. The molecule has 2 rings (SSSR count). The van der Waals surface area contributed by atoms with Crippen LogP contribution >= 0.6 is 0 Å². The molecule has 172 valence electrons. The number of aromatic nitrogens is 3. The summed E-state index contributed by atoms with van der Waals surface area (Å²) in [7, 11) is 4.14. The third-order valence-electron chi connectivity index (χ3n) is 5.41. The molecule has 1 heterocycles. The normalized spacial score (nSPS) is 12.9. The summed E-state index contributed by atoms with van der Waals surface area (Å²) < 4.78 is 7.39. The highest BCUT2D eigenvalue weighted by Crippen LogP contribution is 2.08. The molecule has 1 unspecified atom stereocenters. The Bertz CT molecular complexity index is 775. The van der Waals surface area contributed by atoms with E-state index in [2.05, 4.69) is 70.0 Å². The van der Waals surface area contributed by atoms with Gasteiger partial charge in [-0.1, -0.05) is 30.3 Å². The Hall–Kier alpha value is -2.45. The van der Waals surface area contributed by atoms with E-state index in [0.717, 1.165) is 63.3 Å². The maximum Gasteiger partial charge on any atom is 0.191 e.